The van der Waals surface area contributed by atoms with Crippen LogP contribution in [0.3, 0.4) is 0 Å². The lowest BCUT2D eigenvalue weighted by Gasteiger charge is -2.10. The second kappa shape index (κ2) is 6.46. The molecule has 3 rings (SSSR count). The van der Waals surface area contributed by atoms with Crippen LogP contribution in [0.15, 0.2) is 40.9 Å². The number of aryl methyl sites for hydroxylation is 1. The Morgan fingerprint density at radius 2 is 2.00 bits per heavy atom. The number of aromatic nitrogens is 1. The van der Waals surface area contributed by atoms with E-state index in [4.69, 9.17) is 4.42 Å². The lowest BCUT2D eigenvalue weighted by Crippen LogP contribution is -2.49. The highest BCUT2D eigenvalue weighted by Gasteiger charge is 2.15. The zero-order chi connectivity index (χ0) is 14.5. The minimum atomic E-state index is -0.345. The summed E-state index contributed by atoms with van der Waals surface area (Å²) in [5.41, 5.74) is 11.7. The van der Waals surface area contributed by atoms with Crippen LogP contribution in [0, 0.1) is 0 Å². The molecule has 1 aromatic carbocycles. The van der Waals surface area contributed by atoms with Crippen LogP contribution in [0.1, 0.15) is 12.3 Å². The number of nitrogens with one attached hydrogen (secondary N) is 5. The minimum Gasteiger partial charge on any atom is -0.441 e. The van der Waals surface area contributed by atoms with E-state index >= 15 is 0 Å². The molecule has 0 bridgehead atoms. The Bertz CT molecular complexity index is 594. The summed E-state index contributed by atoms with van der Waals surface area (Å²) in [4.78, 5) is 15.9. The molecule has 0 saturated carbocycles. The van der Waals surface area contributed by atoms with Crippen LogP contribution in [0.2, 0.25) is 0 Å². The highest BCUT2D eigenvalue weighted by atomic mass is 16.4. The van der Waals surface area contributed by atoms with Crippen LogP contribution in [0.4, 0.5) is 0 Å². The monoisotopic (exact) mass is 288 g/mol. The van der Waals surface area contributed by atoms with Crippen molar-refractivity contribution in [1.82, 2.24) is 32.2 Å². The van der Waals surface area contributed by atoms with Crippen molar-refractivity contribution in [1.29, 1.82) is 0 Å². The number of hydrogen-bond acceptors (Lipinski definition) is 7. The van der Waals surface area contributed by atoms with E-state index in [2.05, 4.69) is 32.2 Å². The number of oxazole rings is 1. The number of amides is 1. The Kier molecular flexibility index (Phi) is 4.22. The van der Waals surface area contributed by atoms with E-state index in [1.54, 1.807) is 6.20 Å². The summed E-state index contributed by atoms with van der Waals surface area (Å²) in [7, 11) is 0. The summed E-state index contributed by atoms with van der Waals surface area (Å²) in [6.07, 6.45) is 2.08. The maximum absolute atomic E-state index is 11.7. The van der Waals surface area contributed by atoms with Crippen molar-refractivity contribution in [3.05, 3.63) is 42.4 Å². The van der Waals surface area contributed by atoms with E-state index < -0.39 is 0 Å². The quantitative estimate of drug-likeness (QED) is 0.519. The highest BCUT2D eigenvalue weighted by Crippen LogP contribution is 2.20. The summed E-state index contributed by atoms with van der Waals surface area (Å²) >= 11 is 0. The van der Waals surface area contributed by atoms with Crippen LogP contribution in [-0.4, -0.2) is 17.2 Å². The van der Waals surface area contributed by atoms with Gasteiger partial charge in [-0.05, 0) is 0 Å². The molecule has 21 heavy (non-hydrogen) atoms. The smallest absolute Gasteiger partial charge is 0.222 e. The molecular weight excluding hydrogens is 272 g/mol. The molecule has 1 fully saturated rings. The number of nitrogens with zero attached hydrogens (tertiary/aromatic N) is 1. The van der Waals surface area contributed by atoms with Gasteiger partial charge in [-0.25, -0.2) is 15.8 Å². The van der Waals surface area contributed by atoms with Crippen LogP contribution < -0.4 is 27.2 Å². The van der Waals surface area contributed by atoms with E-state index in [1.165, 1.54) is 0 Å². The number of hydrazine groups is 3. The molecule has 1 aliphatic rings. The Morgan fingerprint density at radius 1 is 1.24 bits per heavy atom. The summed E-state index contributed by atoms with van der Waals surface area (Å²) < 4.78 is 5.64. The predicted octanol–water partition coefficient (Wildman–Crippen LogP) is -0.209. The van der Waals surface area contributed by atoms with Crippen LogP contribution >= 0.6 is 0 Å². The van der Waals surface area contributed by atoms with E-state index in [0.29, 0.717) is 24.5 Å². The van der Waals surface area contributed by atoms with E-state index in [0.717, 1.165) is 5.56 Å². The molecule has 110 valence electrons. The van der Waals surface area contributed by atoms with Gasteiger partial charge in [0, 0.05) is 18.4 Å². The molecule has 0 spiro atoms. The Labute approximate surface area is 121 Å². The standard InChI is InChI=1S/C13H16N6O2/c20-11(15-13-16-18-19-17-13)6-7-12-14-8-10(21-12)9-4-2-1-3-5-9/h1-5,8,13,16-19H,6-7H2,(H,15,20). The van der Waals surface area contributed by atoms with Gasteiger partial charge in [0.25, 0.3) is 0 Å². The SMILES string of the molecule is O=C(CCc1ncc(-c2ccccc2)o1)NC1NNNN1. The molecule has 8 heteroatoms. The van der Waals surface area contributed by atoms with E-state index in [1.807, 2.05) is 30.3 Å². The molecule has 1 amide bonds. The number of rotatable bonds is 5. The predicted molar refractivity (Wildman–Crippen MR) is 74.7 cm³/mol. The number of carbonyl (C=O) groups excluding carboxylic acids is 1. The van der Waals surface area contributed by atoms with E-state index in [-0.39, 0.29) is 12.2 Å². The Hall–Kier alpha value is -2.26. The van der Waals surface area contributed by atoms with Crippen molar-refractivity contribution < 1.29 is 9.21 Å². The minimum absolute atomic E-state index is 0.107. The first kappa shape index (κ1) is 13.7. The molecule has 1 aliphatic heterocycles. The Morgan fingerprint density at radius 3 is 2.76 bits per heavy atom. The first-order chi connectivity index (χ1) is 10.3. The topological polar surface area (TPSA) is 103 Å². The first-order valence-corrected chi connectivity index (χ1v) is 6.62. The third-order valence-electron chi connectivity index (χ3n) is 2.98. The Balaban J connectivity index is 1.51. The summed E-state index contributed by atoms with van der Waals surface area (Å²) in [6, 6.07) is 9.73. The van der Waals surface area contributed by atoms with Crippen LogP contribution in [0.25, 0.3) is 11.3 Å². The largest absolute Gasteiger partial charge is 0.441 e. The van der Waals surface area contributed by atoms with Gasteiger partial charge in [-0.15, -0.1) is 0 Å². The fraction of sp³-hybridized carbons (Fsp3) is 0.231. The molecule has 2 heterocycles. The van der Waals surface area contributed by atoms with Gasteiger partial charge in [-0.1, -0.05) is 30.3 Å². The van der Waals surface area contributed by atoms with Gasteiger partial charge in [0.1, 0.15) is 0 Å². The van der Waals surface area contributed by atoms with Crippen LogP contribution in [0.5, 0.6) is 0 Å². The lowest BCUT2D eigenvalue weighted by molar-refractivity contribution is -0.122. The number of hydrogen-bond donors (Lipinski definition) is 5. The van der Waals surface area contributed by atoms with Crippen molar-refractivity contribution >= 4 is 5.91 Å². The summed E-state index contributed by atoms with van der Waals surface area (Å²) in [5, 5.41) is 2.73. The van der Waals surface area contributed by atoms with Crippen molar-refractivity contribution in [3.63, 3.8) is 0 Å². The third kappa shape index (κ3) is 3.64. The van der Waals surface area contributed by atoms with Gasteiger partial charge in [-0.2, -0.15) is 11.1 Å². The van der Waals surface area contributed by atoms with Crippen molar-refractivity contribution in [3.8, 4) is 11.3 Å². The van der Waals surface area contributed by atoms with Gasteiger partial charge < -0.3 is 9.73 Å². The molecule has 0 atom stereocenters. The molecule has 8 nitrogen and oxygen atoms in total. The van der Waals surface area contributed by atoms with Gasteiger partial charge in [0.05, 0.1) is 6.20 Å². The fourth-order valence-electron chi connectivity index (χ4n) is 1.94. The van der Waals surface area contributed by atoms with Gasteiger partial charge >= 0.3 is 0 Å². The average molecular weight is 288 g/mol. The van der Waals surface area contributed by atoms with Crippen molar-refractivity contribution in [2.24, 2.45) is 0 Å². The van der Waals surface area contributed by atoms with E-state index in [9.17, 15) is 4.79 Å². The molecule has 0 unspecified atom stereocenters. The molecular formula is C13H16N6O2. The maximum Gasteiger partial charge on any atom is 0.222 e. The molecule has 0 aliphatic carbocycles. The molecule has 0 radical (unpaired) electrons. The molecule has 2 aromatic rings. The lowest BCUT2D eigenvalue weighted by atomic mass is 10.2. The number of carbonyl (C=O) groups is 1. The summed E-state index contributed by atoms with van der Waals surface area (Å²) in [6.45, 7) is 0. The maximum atomic E-state index is 11.7. The third-order valence-corrected chi connectivity index (χ3v) is 2.98. The average Bonchev–Trinajstić information content (AvgIpc) is 3.17. The molecule has 1 saturated heterocycles. The molecule has 5 N–H and O–H groups in total. The summed E-state index contributed by atoms with van der Waals surface area (Å²) in [5.74, 6) is 1.15. The fourth-order valence-corrected chi connectivity index (χ4v) is 1.94. The van der Waals surface area contributed by atoms with Gasteiger partial charge in [0.2, 0.25) is 5.91 Å². The first-order valence-electron chi connectivity index (χ1n) is 6.62. The highest BCUT2D eigenvalue weighted by molar-refractivity contribution is 5.76. The van der Waals surface area contributed by atoms with Crippen molar-refractivity contribution in [2.45, 2.75) is 19.1 Å². The van der Waals surface area contributed by atoms with Crippen molar-refractivity contribution in [2.75, 3.05) is 0 Å². The normalized spacial score (nSPS) is 15.2. The zero-order valence-corrected chi connectivity index (χ0v) is 11.2. The van der Waals surface area contributed by atoms with Crippen LogP contribution in [-0.2, 0) is 11.2 Å². The number of benzene rings is 1. The van der Waals surface area contributed by atoms with Gasteiger partial charge in [-0.3, -0.25) is 4.79 Å². The molecule has 1 aromatic heterocycles. The second-order valence-corrected chi connectivity index (χ2v) is 4.52. The van der Waals surface area contributed by atoms with Gasteiger partial charge in [0.15, 0.2) is 17.9 Å². The second-order valence-electron chi connectivity index (χ2n) is 4.52. The zero-order valence-electron chi connectivity index (χ0n) is 11.2.